The lowest BCUT2D eigenvalue weighted by atomic mass is 9.98. The Morgan fingerprint density at radius 3 is 2.82 bits per heavy atom. The van der Waals surface area contributed by atoms with Gasteiger partial charge >= 0.3 is 0 Å². The number of rotatable bonds is 5. The molecule has 3 heterocycles. The van der Waals surface area contributed by atoms with E-state index in [-0.39, 0.29) is 11.8 Å². The van der Waals surface area contributed by atoms with Gasteiger partial charge in [0.1, 0.15) is 11.5 Å². The molecule has 0 unspecified atom stereocenters. The summed E-state index contributed by atoms with van der Waals surface area (Å²) in [6.45, 7) is 1.34. The Labute approximate surface area is 164 Å². The highest BCUT2D eigenvalue weighted by Crippen LogP contribution is 2.28. The largest absolute Gasteiger partial charge is 0.497 e. The summed E-state index contributed by atoms with van der Waals surface area (Å²) in [5, 5.41) is 0. The van der Waals surface area contributed by atoms with Crippen LogP contribution in [0.4, 0.5) is 0 Å². The van der Waals surface area contributed by atoms with Crippen molar-refractivity contribution in [1.29, 1.82) is 0 Å². The second-order valence-corrected chi connectivity index (χ2v) is 7.14. The second kappa shape index (κ2) is 7.88. The van der Waals surface area contributed by atoms with E-state index in [4.69, 9.17) is 9.15 Å². The summed E-state index contributed by atoms with van der Waals surface area (Å²) < 4.78 is 13.0. The number of hydrogen-bond donors (Lipinski definition) is 0. The molecule has 0 aliphatic carbocycles. The number of aromatic nitrogens is 3. The lowest BCUT2D eigenvalue weighted by Crippen LogP contribution is -2.40. The smallest absolute Gasteiger partial charge is 0.289 e. The van der Waals surface area contributed by atoms with E-state index >= 15 is 0 Å². The standard InChI is InChI=1S/C21H24N4O3/c1-24-11-9-22-19(24)21(26)25-10-3-4-16(14-25)20-23-13-18(28-20)12-15-5-7-17(27-2)8-6-15/h5-9,11,13,16H,3-4,10,12,14H2,1-2H3/t16-/m0/s1. The average Bonchev–Trinajstić information content (AvgIpc) is 3.37. The number of ether oxygens (including phenoxy) is 1. The first kappa shape index (κ1) is 18.3. The van der Waals surface area contributed by atoms with Crippen molar-refractivity contribution in [3.63, 3.8) is 0 Å². The highest BCUT2D eigenvalue weighted by atomic mass is 16.5. The SMILES string of the molecule is COc1ccc(Cc2cnc([C@H]3CCCN(C(=O)c4nccn4C)C3)o2)cc1. The van der Waals surface area contributed by atoms with Gasteiger partial charge < -0.3 is 18.6 Å². The zero-order chi connectivity index (χ0) is 19.5. The van der Waals surface area contributed by atoms with Crippen molar-refractivity contribution in [2.75, 3.05) is 20.2 Å². The summed E-state index contributed by atoms with van der Waals surface area (Å²) in [4.78, 5) is 23.3. The van der Waals surface area contributed by atoms with Crippen LogP contribution in [0, 0.1) is 0 Å². The van der Waals surface area contributed by atoms with Crippen molar-refractivity contribution >= 4 is 5.91 Å². The fourth-order valence-electron chi connectivity index (χ4n) is 3.61. The van der Waals surface area contributed by atoms with E-state index in [2.05, 4.69) is 9.97 Å². The first-order chi connectivity index (χ1) is 13.6. The molecule has 1 aliphatic rings. The topological polar surface area (TPSA) is 73.4 Å². The highest BCUT2D eigenvalue weighted by molar-refractivity contribution is 5.90. The molecule has 0 saturated carbocycles. The minimum absolute atomic E-state index is 0.0396. The van der Waals surface area contributed by atoms with Gasteiger partial charge in [0.2, 0.25) is 0 Å². The molecule has 7 nitrogen and oxygen atoms in total. The van der Waals surface area contributed by atoms with Crippen molar-refractivity contribution in [3.8, 4) is 5.75 Å². The van der Waals surface area contributed by atoms with Gasteiger partial charge in [0.05, 0.1) is 19.2 Å². The van der Waals surface area contributed by atoms with Gasteiger partial charge in [-0.3, -0.25) is 4.79 Å². The van der Waals surface area contributed by atoms with E-state index in [9.17, 15) is 4.79 Å². The molecule has 1 atom stereocenters. The number of imidazole rings is 1. The van der Waals surface area contributed by atoms with Crippen LogP contribution >= 0.6 is 0 Å². The van der Waals surface area contributed by atoms with Gasteiger partial charge in [-0.05, 0) is 30.5 Å². The predicted octanol–water partition coefficient (Wildman–Crippen LogP) is 3.03. The fraction of sp³-hybridized carbons (Fsp3) is 0.381. The first-order valence-corrected chi connectivity index (χ1v) is 9.48. The number of nitrogens with zero attached hydrogens (tertiary/aromatic N) is 4. The number of likely N-dealkylation sites (tertiary alicyclic amines) is 1. The maximum Gasteiger partial charge on any atom is 0.289 e. The third-order valence-electron chi connectivity index (χ3n) is 5.18. The molecule has 0 radical (unpaired) electrons. The molecule has 0 spiro atoms. The normalized spacial score (nSPS) is 16.9. The van der Waals surface area contributed by atoms with E-state index < -0.39 is 0 Å². The predicted molar refractivity (Wildman–Crippen MR) is 103 cm³/mol. The van der Waals surface area contributed by atoms with Crippen molar-refractivity contribution < 1.29 is 13.9 Å². The van der Waals surface area contributed by atoms with Crippen molar-refractivity contribution in [2.24, 2.45) is 7.05 Å². The van der Waals surface area contributed by atoms with Gasteiger partial charge in [-0.1, -0.05) is 12.1 Å². The van der Waals surface area contributed by atoms with Crippen molar-refractivity contribution in [2.45, 2.75) is 25.2 Å². The summed E-state index contributed by atoms with van der Waals surface area (Å²) >= 11 is 0. The third kappa shape index (κ3) is 3.78. The Hall–Kier alpha value is -3.09. The summed E-state index contributed by atoms with van der Waals surface area (Å²) in [6.07, 6.45) is 7.80. The van der Waals surface area contributed by atoms with Crippen LogP contribution in [-0.4, -0.2) is 45.5 Å². The maximum atomic E-state index is 12.7. The van der Waals surface area contributed by atoms with Crippen molar-refractivity contribution in [1.82, 2.24) is 19.4 Å². The number of hydrogen-bond acceptors (Lipinski definition) is 5. The summed E-state index contributed by atoms with van der Waals surface area (Å²) in [6, 6.07) is 7.92. The average molecular weight is 380 g/mol. The molecule has 0 N–H and O–H groups in total. The van der Waals surface area contributed by atoms with Crippen LogP contribution in [0.3, 0.4) is 0 Å². The molecule has 2 aromatic heterocycles. The van der Waals surface area contributed by atoms with Crippen LogP contribution in [0.5, 0.6) is 5.75 Å². The van der Waals surface area contributed by atoms with E-state index in [1.54, 1.807) is 30.3 Å². The minimum atomic E-state index is -0.0396. The molecule has 1 saturated heterocycles. The summed E-state index contributed by atoms with van der Waals surface area (Å²) in [7, 11) is 3.49. The van der Waals surface area contributed by atoms with E-state index in [0.717, 1.165) is 36.5 Å². The molecule has 1 amide bonds. The molecule has 3 aromatic rings. The first-order valence-electron chi connectivity index (χ1n) is 9.48. The van der Waals surface area contributed by atoms with Gasteiger partial charge in [0, 0.05) is 39.0 Å². The van der Waals surface area contributed by atoms with E-state index in [1.165, 1.54) is 0 Å². The molecular weight excluding hydrogens is 356 g/mol. The lowest BCUT2D eigenvalue weighted by molar-refractivity contribution is 0.0682. The number of oxazole rings is 1. The quantitative estimate of drug-likeness (QED) is 0.680. The molecule has 7 heteroatoms. The van der Waals surface area contributed by atoms with Gasteiger partial charge in [-0.15, -0.1) is 0 Å². The minimum Gasteiger partial charge on any atom is -0.497 e. The van der Waals surface area contributed by atoms with E-state index in [0.29, 0.717) is 24.7 Å². The number of carbonyl (C=O) groups is 1. The number of aryl methyl sites for hydroxylation is 1. The molecule has 28 heavy (non-hydrogen) atoms. The number of methoxy groups -OCH3 is 1. The number of amides is 1. The summed E-state index contributed by atoms with van der Waals surface area (Å²) in [5.74, 6) is 2.91. The zero-order valence-corrected chi connectivity index (χ0v) is 16.2. The Bertz CT molecular complexity index is 945. The van der Waals surface area contributed by atoms with Crippen LogP contribution in [0.15, 0.2) is 47.3 Å². The number of piperidine rings is 1. The Kier molecular flexibility index (Phi) is 5.14. The fourth-order valence-corrected chi connectivity index (χ4v) is 3.61. The summed E-state index contributed by atoms with van der Waals surface area (Å²) in [5.41, 5.74) is 1.14. The van der Waals surface area contributed by atoms with Crippen molar-refractivity contribution in [3.05, 3.63) is 65.9 Å². The molecule has 0 bridgehead atoms. The maximum absolute atomic E-state index is 12.7. The molecular formula is C21H24N4O3. The second-order valence-electron chi connectivity index (χ2n) is 7.14. The molecule has 4 rings (SSSR count). The number of carbonyl (C=O) groups excluding carboxylic acids is 1. The molecule has 146 valence electrons. The lowest BCUT2D eigenvalue weighted by Gasteiger charge is -2.31. The van der Waals surface area contributed by atoms with Gasteiger partial charge in [0.15, 0.2) is 11.7 Å². The number of benzene rings is 1. The van der Waals surface area contributed by atoms with Crippen LogP contribution < -0.4 is 4.74 Å². The van der Waals surface area contributed by atoms with E-state index in [1.807, 2.05) is 36.2 Å². The molecule has 1 aliphatic heterocycles. The van der Waals surface area contributed by atoms with Crippen LogP contribution in [-0.2, 0) is 13.5 Å². The van der Waals surface area contributed by atoms with Gasteiger partial charge in [-0.25, -0.2) is 9.97 Å². The highest BCUT2D eigenvalue weighted by Gasteiger charge is 2.29. The van der Waals surface area contributed by atoms with Crippen LogP contribution in [0.1, 0.15) is 46.6 Å². The Balaban J connectivity index is 1.42. The molecule has 1 fully saturated rings. The van der Waals surface area contributed by atoms with Gasteiger partial charge in [-0.2, -0.15) is 0 Å². The van der Waals surface area contributed by atoms with Crippen LogP contribution in [0.2, 0.25) is 0 Å². The molecule has 1 aromatic carbocycles. The third-order valence-corrected chi connectivity index (χ3v) is 5.18. The Morgan fingerprint density at radius 1 is 1.29 bits per heavy atom. The monoisotopic (exact) mass is 380 g/mol. The zero-order valence-electron chi connectivity index (χ0n) is 16.2. The van der Waals surface area contributed by atoms with Gasteiger partial charge in [0.25, 0.3) is 5.91 Å². The van der Waals surface area contributed by atoms with Crippen LogP contribution in [0.25, 0.3) is 0 Å². The Morgan fingerprint density at radius 2 is 2.11 bits per heavy atom.